The van der Waals surface area contributed by atoms with E-state index >= 15 is 0 Å². The van der Waals surface area contributed by atoms with Crippen molar-refractivity contribution in [3.63, 3.8) is 0 Å². The van der Waals surface area contributed by atoms with Gasteiger partial charge in [-0.2, -0.15) is 0 Å². The van der Waals surface area contributed by atoms with E-state index in [1.807, 2.05) is 31.3 Å². The Morgan fingerprint density at radius 1 is 0.778 bits per heavy atom. The molecule has 0 saturated carbocycles. The SMILES string of the molecule is Cc1ccc2c(n1)oc1cc(C)c(-c3cc(-c4ccccc4)ccn3)cc12. The number of benzene rings is 2. The average molecular weight is 350 g/mol. The Balaban J connectivity index is 1.71. The normalized spacial score (nSPS) is 11.3. The second kappa shape index (κ2) is 6.06. The zero-order valence-electron chi connectivity index (χ0n) is 15.2. The molecule has 3 heterocycles. The smallest absolute Gasteiger partial charge is 0.227 e. The van der Waals surface area contributed by atoms with Gasteiger partial charge in [0.1, 0.15) is 5.58 Å². The van der Waals surface area contributed by atoms with E-state index in [-0.39, 0.29) is 0 Å². The third-order valence-electron chi connectivity index (χ3n) is 4.97. The summed E-state index contributed by atoms with van der Waals surface area (Å²) in [6, 6.07) is 22.9. The maximum Gasteiger partial charge on any atom is 0.227 e. The van der Waals surface area contributed by atoms with Gasteiger partial charge >= 0.3 is 0 Å². The second-order valence-corrected chi connectivity index (χ2v) is 6.87. The van der Waals surface area contributed by atoms with E-state index in [4.69, 9.17) is 4.42 Å². The Kier molecular flexibility index (Phi) is 3.54. The van der Waals surface area contributed by atoms with Crippen LogP contribution in [-0.4, -0.2) is 9.97 Å². The third-order valence-corrected chi connectivity index (χ3v) is 4.97. The Bertz CT molecular complexity index is 1290. The maximum atomic E-state index is 5.97. The number of nitrogens with zero attached hydrogens (tertiary/aromatic N) is 2. The van der Waals surface area contributed by atoms with Gasteiger partial charge in [-0.1, -0.05) is 30.3 Å². The van der Waals surface area contributed by atoms with Gasteiger partial charge in [-0.3, -0.25) is 4.98 Å². The number of pyridine rings is 2. The molecule has 0 aliphatic heterocycles. The van der Waals surface area contributed by atoms with Crippen LogP contribution in [0.25, 0.3) is 44.5 Å². The molecule has 0 fully saturated rings. The van der Waals surface area contributed by atoms with Gasteiger partial charge in [0.2, 0.25) is 5.71 Å². The van der Waals surface area contributed by atoms with Gasteiger partial charge in [0.25, 0.3) is 0 Å². The van der Waals surface area contributed by atoms with Crippen LogP contribution in [0.4, 0.5) is 0 Å². The molecule has 0 radical (unpaired) electrons. The van der Waals surface area contributed by atoms with E-state index in [1.54, 1.807) is 0 Å². The van der Waals surface area contributed by atoms with Gasteiger partial charge in [-0.25, -0.2) is 4.98 Å². The largest absolute Gasteiger partial charge is 0.438 e. The molecular weight excluding hydrogens is 332 g/mol. The van der Waals surface area contributed by atoms with E-state index < -0.39 is 0 Å². The lowest BCUT2D eigenvalue weighted by atomic mass is 9.99. The molecule has 0 N–H and O–H groups in total. The molecule has 130 valence electrons. The molecule has 2 aromatic carbocycles. The first-order chi connectivity index (χ1) is 13.2. The highest BCUT2D eigenvalue weighted by atomic mass is 16.3. The van der Waals surface area contributed by atoms with Gasteiger partial charge in [-0.05, 0) is 66.9 Å². The molecule has 3 nitrogen and oxygen atoms in total. The van der Waals surface area contributed by atoms with Crippen LogP contribution in [0.5, 0.6) is 0 Å². The van der Waals surface area contributed by atoms with Crippen molar-refractivity contribution in [3.8, 4) is 22.4 Å². The monoisotopic (exact) mass is 350 g/mol. The number of hydrogen-bond donors (Lipinski definition) is 0. The zero-order chi connectivity index (χ0) is 18.4. The van der Waals surface area contributed by atoms with E-state index in [1.165, 1.54) is 5.56 Å². The van der Waals surface area contributed by atoms with Crippen LogP contribution in [0.15, 0.2) is 77.3 Å². The highest BCUT2D eigenvalue weighted by Crippen LogP contribution is 2.34. The van der Waals surface area contributed by atoms with Crippen molar-refractivity contribution in [2.24, 2.45) is 0 Å². The van der Waals surface area contributed by atoms with Crippen LogP contribution >= 0.6 is 0 Å². The Labute approximate surface area is 157 Å². The first kappa shape index (κ1) is 15.8. The first-order valence-electron chi connectivity index (χ1n) is 9.01. The van der Waals surface area contributed by atoms with Gasteiger partial charge in [0.15, 0.2) is 0 Å². The number of fused-ring (bicyclic) bond motifs is 3. The average Bonchev–Trinajstić information content (AvgIpc) is 3.04. The molecule has 0 amide bonds. The van der Waals surface area contributed by atoms with Gasteiger partial charge < -0.3 is 4.42 Å². The molecule has 0 unspecified atom stereocenters. The summed E-state index contributed by atoms with van der Waals surface area (Å²) >= 11 is 0. The van der Waals surface area contributed by atoms with Crippen molar-refractivity contribution >= 4 is 22.1 Å². The lowest BCUT2D eigenvalue weighted by molar-refractivity contribution is 0.652. The number of rotatable bonds is 2. The van der Waals surface area contributed by atoms with E-state index in [0.717, 1.165) is 44.4 Å². The summed E-state index contributed by atoms with van der Waals surface area (Å²) in [5, 5.41) is 2.11. The number of aromatic nitrogens is 2. The summed E-state index contributed by atoms with van der Waals surface area (Å²) < 4.78 is 5.97. The third kappa shape index (κ3) is 2.68. The van der Waals surface area contributed by atoms with Crippen LogP contribution in [0, 0.1) is 13.8 Å². The minimum absolute atomic E-state index is 0.688. The van der Waals surface area contributed by atoms with Crippen molar-refractivity contribution in [1.29, 1.82) is 0 Å². The predicted octanol–water partition coefficient (Wildman–Crippen LogP) is 6.33. The van der Waals surface area contributed by atoms with Crippen molar-refractivity contribution in [2.75, 3.05) is 0 Å². The predicted molar refractivity (Wildman–Crippen MR) is 110 cm³/mol. The number of aryl methyl sites for hydroxylation is 2. The fourth-order valence-corrected chi connectivity index (χ4v) is 3.56. The van der Waals surface area contributed by atoms with E-state index in [2.05, 4.69) is 65.4 Å². The van der Waals surface area contributed by atoms with Crippen molar-refractivity contribution in [1.82, 2.24) is 9.97 Å². The summed E-state index contributed by atoms with van der Waals surface area (Å²) in [5.41, 5.74) is 8.07. The van der Waals surface area contributed by atoms with Crippen LogP contribution in [-0.2, 0) is 0 Å². The summed E-state index contributed by atoms with van der Waals surface area (Å²) in [7, 11) is 0. The summed E-state index contributed by atoms with van der Waals surface area (Å²) in [6.45, 7) is 4.07. The van der Waals surface area contributed by atoms with Gasteiger partial charge in [-0.15, -0.1) is 0 Å². The molecule has 0 atom stereocenters. The van der Waals surface area contributed by atoms with Crippen LogP contribution in [0.3, 0.4) is 0 Å². The van der Waals surface area contributed by atoms with Crippen molar-refractivity contribution < 1.29 is 4.42 Å². The quantitative estimate of drug-likeness (QED) is 0.373. The molecule has 0 spiro atoms. The lowest BCUT2D eigenvalue weighted by Crippen LogP contribution is -1.88. The highest BCUT2D eigenvalue weighted by Gasteiger charge is 2.13. The second-order valence-electron chi connectivity index (χ2n) is 6.87. The van der Waals surface area contributed by atoms with Crippen LogP contribution in [0.2, 0.25) is 0 Å². The minimum Gasteiger partial charge on any atom is -0.438 e. The molecule has 3 heteroatoms. The number of furan rings is 1. The summed E-state index contributed by atoms with van der Waals surface area (Å²) in [4.78, 5) is 9.15. The molecule has 0 aliphatic rings. The Morgan fingerprint density at radius 3 is 2.48 bits per heavy atom. The van der Waals surface area contributed by atoms with E-state index in [9.17, 15) is 0 Å². The number of hydrogen-bond acceptors (Lipinski definition) is 3. The molecule has 5 aromatic rings. The molecule has 0 saturated heterocycles. The van der Waals surface area contributed by atoms with Gasteiger partial charge in [0.05, 0.1) is 5.69 Å². The topological polar surface area (TPSA) is 38.9 Å². The molecule has 27 heavy (non-hydrogen) atoms. The molecular formula is C24H18N2O. The Hall–Kier alpha value is -3.46. The molecule has 0 bridgehead atoms. The first-order valence-corrected chi connectivity index (χ1v) is 9.01. The van der Waals surface area contributed by atoms with Crippen molar-refractivity contribution in [2.45, 2.75) is 13.8 Å². The van der Waals surface area contributed by atoms with Crippen LogP contribution in [0.1, 0.15) is 11.3 Å². The Morgan fingerprint density at radius 2 is 1.63 bits per heavy atom. The van der Waals surface area contributed by atoms with Crippen LogP contribution < -0.4 is 0 Å². The lowest BCUT2D eigenvalue weighted by Gasteiger charge is -2.08. The molecule has 5 rings (SSSR count). The van der Waals surface area contributed by atoms with Crippen molar-refractivity contribution in [3.05, 3.63) is 84.2 Å². The fourth-order valence-electron chi connectivity index (χ4n) is 3.56. The maximum absolute atomic E-state index is 5.97. The fraction of sp³-hybridized carbons (Fsp3) is 0.0833. The van der Waals surface area contributed by atoms with E-state index in [0.29, 0.717) is 5.71 Å². The van der Waals surface area contributed by atoms with Gasteiger partial charge in [0, 0.05) is 28.2 Å². The molecule has 3 aromatic heterocycles. The zero-order valence-corrected chi connectivity index (χ0v) is 15.2. The summed E-state index contributed by atoms with van der Waals surface area (Å²) in [5.74, 6) is 0. The standard InChI is InChI=1S/C24H18N2O/c1-15-12-23-21(19-9-8-16(2)26-24(19)27-23)14-20(15)22-13-18(10-11-25-22)17-6-4-3-5-7-17/h3-14H,1-2H3. The minimum atomic E-state index is 0.688. The molecule has 0 aliphatic carbocycles. The summed E-state index contributed by atoms with van der Waals surface area (Å²) in [6.07, 6.45) is 1.87. The highest BCUT2D eigenvalue weighted by molar-refractivity contribution is 6.05.